The number of imidazole rings is 1. The van der Waals surface area contributed by atoms with E-state index in [0.717, 1.165) is 21.7 Å². The van der Waals surface area contributed by atoms with Gasteiger partial charge in [-0.1, -0.05) is 0 Å². The van der Waals surface area contributed by atoms with Crippen LogP contribution in [0.25, 0.3) is 11.3 Å². The van der Waals surface area contributed by atoms with Crippen LogP contribution in [0.1, 0.15) is 5.82 Å². The highest BCUT2D eigenvalue weighted by Crippen LogP contribution is 2.43. The second kappa shape index (κ2) is 5.52. The zero-order valence-corrected chi connectivity index (χ0v) is 12.8. The third-order valence-corrected chi connectivity index (χ3v) is 3.30. The number of nitrogens with zero attached hydrogens (tertiary/aromatic N) is 1. The van der Waals surface area contributed by atoms with Crippen LogP contribution in [-0.4, -0.2) is 31.3 Å². The molecule has 0 spiro atoms. The predicted molar refractivity (Wildman–Crippen MR) is 76.1 cm³/mol. The van der Waals surface area contributed by atoms with Crippen molar-refractivity contribution >= 4 is 15.9 Å². The number of hydrogen-bond donors (Lipinski definition) is 1. The summed E-state index contributed by atoms with van der Waals surface area (Å²) in [6.07, 6.45) is 0. The molecule has 1 aromatic carbocycles. The molecule has 0 saturated heterocycles. The Hall–Kier alpha value is -1.69. The summed E-state index contributed by atoms with van der Waals surface area (Å²) in [6, 6.07) is 3.60. The van der Waals surface area contributed by atoms with E-state index in [-0.39, 0.29) is 0 Å². The average Bonchev–Trinajstić information content (AvgIpc) is 2.75. The molecule has 0 saturated carbocycles. The summed E-state index contributed by atoms with van der Waals surface area (Å²) >= 11 is 3.46. The van der Waals surface area contributed by atoms with Crippen molar-refractivity contribution in [2.75, 3.05) is 21.3 Å². The van der Waals surface area contributed by atoms with Crippen molar-refractivity contribution in [1.29, 1.82) is 0 Å². The molecule has 1 aromatic heterocycles. The van der Waals surface area contributed by atoms with Crippen molar-refractivity contribution in [2.24, 2.45) is 0 Å². The number of nitrogens with one attached hydrogen (secondary N) is 1. The molecule has 0 aliphatic heterocycles. The standard InChI is InChI=1S/C13H15BrN2O3/c1-7-15-12(13(14)16-7)11-9(18-3)5-8(17-2)6-10(11)19-4/h5-6H,1-4H3,(H,15,16). The molecule has 2 rings (SSSR count). The van der Waals surface area contributed by atoms with Gasteiger partial charge in [0.05, 0.1) is 26.9 Å². The maximum atomic E-state index is 5.41. The normalized spacial score (nSPS) is 10.4. The number of benzene rings is 1. The Kier molecular flexibility index (Phi) is 3.99. The number of hydrogen-bond acceptors (Lipinski definition) is 4. The quantitative estimate of drug-likeness (QED) is 0.937. The van der Waals surface area contributed by atoms with E-state index in [2.05, 4.69) is 25.9 Å². The van der Waals surface area contributed by atoms with E-state index in [0.29, 0.717) is 17.2 Å². The summed E-state index contributed by atoms with van der Waals surface area (Å²) in [4.78, 5) is 7.55. The van der Waals surface area contributed by atoms with Crippen LogP contribution in [0.2, 0.25) is 0 Å². The molecule has 0 bridgehead atoms. The van der Waals surface area contributed by atoms with E-state index in [1.165, 1.54) is 0 Å². The molecule has 5 nitrogen and oxygen atoms in total. The van der Waals surface area contributed by atoms with Gasteiger partial charge in [0.15, 0.2) is 0 Å². The first-order chi connectivity index (χ1) is 9.10. The second-order valence-electron chi connectivity index (χ2n) is 3.89. The Morgan fingerprint density at radius 1 is 1.05 bits per heavy atom. The molecule has 0 fully saturated rings. The monoisotopic (exact) mass is 326 g/mol. The lowest BCUT2D eigenvalue weighted by molar-refractivity contribution is 0.377. The fourth-order valence-corrected chi connectivity index (χ4v) is 2.44. The van der Waals surface area contributed by atoms with Gasteiger partial charge >= 0.3 is 0 Å². The van der Waals surface area contributed by atoms with Gasteiger partial charge in [0.2, 0.25) is 0 Å². The summed E-state index contributed by atoms with van der Waals surface area (Å²) in [7, 11) is 4.80. The molecule has 0 radical (unpaired) electrons. The maximum absolute atomic E-state index is 5.41. The van der Waals surface area contributed by atoms with Gasteiger partial charge in [-0.15, -0.1) is 0 Å². The van der Waals surface area contributed by atoms with Crippen LogP contribution in [0, 0.1) is 6.92 Å². The molecule has 0 aliphatic carbocycles. The van der Waals surface area contributed by atoms with Gasteiger partial charge in [-0.2, -0.15) is 0 Å². The van der Waals surface area contributed by atoms with E-state index in [4.69, 9.17) is 14.2 Å². The van der Waals surface area contributed by atoms with Crippen molar-refractivity contribution in [2.45, 2.75) is 6.92 Å². The van der Waals surface area contributed by atoms with Crippen LogP contribution in [0.4, 0.5) is 0 Å². The minimum atomic E-state index is 0.642. The van der Waals surface area contributed by atoms with Gasteiger partial charge in [0.1, 0.15) is 33.4 Å². The highest BCUT2D eigenvalue weighted by molar-refractivity contribution is 9.10. The largest absolute Gasteiger partial charge is 0.496 e. The molecule has 0 atom stereocenters. The van der Waals surface area contributed by atoms with Gasteiger partial charge in [-0.25, -0.2) is 4.98 Å². The molecule has 1 N–H and O–H groups in total. The smallest absolute Gasteiger partial charge is 0.135 e. The predicted octanol–water partition coefficient (Wildman–Crippen LogP) is 3.17. The zero-order valence-electron chi connectivity index (χ0n) is 11.2. The number of halogens is 1. The fraction of sp³-hybridized carbons (Fsp3) is 0.308. The topological polar surface area (TPSA) is 56.4 Å². The Bertz CT molecular complexity index is 571. The average molecular weight is 327 g/mol. The molecule has 19 heavy (non-hydrogen) atoms. The number of aromatic amines is 1. The first kappa shape index (κ1) is 13.7. The SMILES string of the molecule is COc1cc(OC)c(-c2nc(C)[nH]c2Br)c(OC)c1. The number of H-pyrrole nitrogens is 1. The number of aromatic nitrogens is 2. The minimum absolute atomic E-state index is 0.642. The molecule has 0 unspecified atom stereocenters. The number of aryl methyl sites for hydroxylation is 1. The van der Waals surface area contributed by atoms with Crippen LogP contribution < -0.4 is 14.2 Å². The number of methoxy groups -OCH3 is 3. The Balaban J connectivity index is 2.70. The third-order valence-electron chi connectivity index (χ3n) is 2.73. The molecule has 0 aliphatic rings. The number of ether oxygens (including phenoxy) is 3. The lowest BCUT2D eigenvalue weighted by Crippen LogP contribution is -1.96. The molecule has 6 heteroatoms. The molecular weight excluding hydrogens is 312 g/mol. The summed E-state index contributed by atoms with van der Waals surface area (Å²) in [6.45, 7) is 1.89. The first-order valence-electron chi connectivity index (χ1n) is 5.63. The van der Waals surface area contributed by atoms with Gasteiger partial charge in [-0.05, 0) is 22.9 Å². The van der Waals surface area contributed by atoms with Gasteiger partial charge in [0.25, 0.3) is 0 Å². The molecule has 1 heterocycles. The van der Waals surface area contributed by atoms with E-state index in [9.17, 15) is 0 Å². The maximum Gasteiger partial charge on any atom is 0.135 e. The minimum Gasteiger partial charge on any atom is -0.496 e. The van der Waals surface area contributed by atoms with Crippen molar-refractivity contribution in [3.05, 3.63) is 22.6 Å². The Labute approximate surface area is 120 Å². The van der Waals surface area contributed by atoms with Crippen LogP contribution in [0.15, 0.2) is 16.7 Å². The fourth-order valence-electron chi connectivity index (χ4n) is 1.87. The Morgan fingerprint density at radius 2 is 1.63 bits per heavy atom. The first-order valence-corrected chi connectivity index (χ1v) is 6.42. The third kappa shape index (κ3) is 2.53. The van der Waals surface area contributed by atoms with Crippen LogP contribution in [0.3, 0.4) is 0 Å². The highest BCUT2D eigenvalue weighted by Gasteiger charge is 2.20. The molecule has 2 aromatic rings. The van der Waals surface area contributed by atoms with Crippen LogP contribution >= 0.6 is 15.9 Å². The number of rotatable bonds is 4. The summed E-state index contributed by atoms with van der Waals surface area (Å²) in [5.41, 5.74) is 1.52. The van der Waals surface area contributed by atoms with E-state index in [1.54, 1.807) is 33.5 Å². The summed E-state index contributed by atoms with van der Waals surface area (Å²) < 4.78 is 16.8. The van der Waals surface area contributed by atoms with Crippen LogP contribution in [-0.2, 0) is 0 Å². The van der Waals surface area contributed by atoms with Crippen molar-refractivity contribution in [3.8, 4) is 28.5 Å². The summed E-state index contributed by atoms with van der Waals surface area (Å²) in [5.74, 6) is 2.76. The molecule has 0 amide bonds. The van der Waals surface area contributed by atoms with E-state index >= 15 is 0 Å². The van der Waals surface area contributed by atoms with Gasteiger partial charge < -0.3 is 19.2 Å². The molecular formula is C13H15BrN2O3. The lowest BCUT2D eigenvalue weighted by atomic mass is 10.1. The molecule has 102 valence electrons. The Morgan fingerprint density at radius 3 is 2.00 bits per heavy atom. The van der Waals surface area contributed by atoms with E-state index < -0.39 is 0 Å². The van der Waals surface area contributed by atoms with Crippen molar-refractivity contribution in [1.82, 2.24) is 9.97 Å². The van der Waals surface area contributed by atoms with Gasteiger partial charge in [0, 0.05) is 12.1 Å². The van der Waals surface area contributed by atoms with E-state index in [1.807, 2.05) is 6.92 Å². The second-order valence-corrected chi connectivity index (χ2v) is 4.68. The lowest BCUT2D eigenvalue weighted by Gasteiger charge is -2.13. The zero-order chi connectivity index (χ0) is 14.0. The van der Waals surface area contributed by atoms with Crippen LogP contribution in [0.5, 0.6) is 17.2 Å². The summed E-state index contributed by atoms with van der Waals surface area (Å²) in [5, 5.41) is 0. The van der Waals surface area contributed by atoms with Gasteiger partial charge in [-0.3, -0.25) is 0 Å². The highest BCUT2D eigenvalue weighted by atomic mass is 79.9. The van der Waals surface area contributed by atoms with Crippen molar-refractivity contribution < 1.29 is 14.2 Å². The van der Waals surface area contributed by atoms with Crippen molar-refractivity contribution in [3.63, 3.8) is 0 Å².